The lowest BCUT2D eigenvalue weighted by Gasteiger charge is -2.17. The molecule has 0 saturated heterocycles. The summed E-state index contributed by atoms with van der Waals surface area (Å²) in [5, 5.41) is 8.75. The Bertz CT molecular complexity index is 728. The van der Waals surface area contributed by atoms with Gasteiger partial charge in [-0.2, -0.15) is 5.10 Å². The Hall–Kier alpha value is -2.04. The molecule has 19 heavy (non-hydrogen) atoms. The Labute approximate surface area is 108 Å². The maximum atomic E-state index is 11.2. The average molecular weight is 281 g/mol. The molecule has 1 aromatic rings. The van der Waals surface area contributed by atoms with Crippen LogP contribution in [0.15, 0.2) is 39.0 Å². The second-order valence-electron chi connectivity index (χ2n) is 4.05. The van der Waals surface area contributed by atoms with E-state index in [4.69, 9.17) is 5.14 Å². The summed E-state index contributed by atoms with van der Waals surface area (Å²) in [5.74, 6) is 1.07. The van der Waals surface area contributed by atoms with E-state index in [1.807, 2.05) is 0 Å². The highest BCUT2D eigenvalue weighted by Gasteiger charge is 2.28. The molecule has 0 bridgehead atoms. The molecule has 9 nitrogen and oxygen atoms in total. The number of rotatable bonds is 1. The fraction of sp³-hybridized carbons (Fsp3) is 0.222. The molecule has 0 aromatic carbocycles. The van der Waals surface area contributed by atoms with Crippen LogP contribution in [0.25, 0.3) is 0 Å². The second-order valence-corrected chi connectivity index (χ2v) is 5.55. The van der Waals surface area contributed by atoms with E-state index in [0.717, 1.165) is 5.57 Å². The largest absolute Gasteiger partial charge is 0.326 e. The predicted octanol–water partition coefficient (Wildman–Crippen LogP) is -1.47. The highest BCUT2D eigenvalue weighted by Crippen LogP contribution is 2.17. The molecule has 0 spiro atoms. The number of fused-ring (bicyclic) bond motifs is 1. The minimum Gasteiger partial charge on any atom is -0.326 e. The summed E-state index contributed by atoms with van der Waals surface area (Å²) in [6.07, 6.45) is 2.94. The standard InChI is InChI=1S/C9H11N7O2S/c1-5-12-8-6(4-11-14-8)9(13-5)16-3-2-7(15-16)19(10,17)18/h2-4,8,11,14H,1H3,(H2,10,17,18). The Morgan fingerprint density at radius 1 is 1.47 bits per heavy atom. The number of nitrogens with one attached hydrogen (secondary N) is 2. The number of hydrogen-bond donors (Lipinski definition) is 3. The van der Waals surface area contributed by atoms with Crippen LogP contribution >= 0.6 is 0 Å². The van der Waals surface area contributed by atoms with Crippen LogP contribution in [0.5, 0.6) is 0 Å². The minimum absolute atomic E-state index is 0.202. The first kappa shape index (κ1) is 12.0. The van der Waals surface area contributed by atoms with Gasteiger partial charge in [-0.15, -0.1) is 0 Å². The molecular formula is C9H11N7O2S. The van der Waals surface area contributed by atoms with Gasteiger partial charge in [0.2, 0.25) is 0 Å². The molecule has 3 rings (SSSR count). The van der Waals surface area contributed by atoms with Crippen molar-refractivity contribution in [1.82, 2.24) is 20.6 Å². The predicted molar refractivity (Wildman–Crippen MR) is 67.7 cm³/mol. The number of hydrazine groups is 1. The van der Waals surface area contributed by atoms with Crippen molar-refractivity contribution in [3.05, 3.63) is 24.0 Å². The van der Waals surface area contributed by atoms with Gasteiger partial charge in [0.1, 0.15) is 12.0 Å². The lowest BCUT2D eigenvalue weighted by atomic mass is 10.2. The molecule has 1 aromatic heterocycles. The van der Waals surface area contributed by atoms with Gasteiger partial charge in [0, 0.05) is 12.4 Å². The summed E-state index contributed by atoms with van der Waals surface area (Å²) in [5.41, 5.74) is 6.54. The van der Waals surface area contributed by atoms with Crippen molar-refractivity contribution in [2.24, 2.45) is 15.1 Å². The monoisotopic (exact) mass is 281 g/mol. The third kappa shape index (κ3) is 2.05. The van der Waals surface area contributed by atoms with Gasteiger partial charge in [0.05, 0.1) is 5.57 Å². The van der Waals surface area contributed by atoms with E-state index in [9.17, 15) is 8.42 Å². The summed E-state index contributed by atoms with van der Waals surface area (Å²) in [4.78, 5) is 8.55. The molecular weight excluding hydrogens is 270 g/mol. The zero-order valence-corrected chi connectivity index (χ0v) is 10.7. The Morgan fingerprint density at radius 3 is 2.95 bits per heavy atom. The van der Waals surface area contributed by atoms with E-state index in [-0.39, 0.29) is 11.2 Å². The quantitative estimate of drug-likeness (QED) is 0.579. The number of primary sulfonamides is 1. The van der Waals surface area contributed by atoms with Crippen molar-refractivity contribution in [3.8, 4) is 0 Å². The molecule has 1 unspecified atom stereocenters. The summed E-state index contributed by atoms with van der Waals surface area (Å²) < 4.78 is 23.8. The highest BCUT2D eigenvalue weighted by atomic mass is 32.2. The minimum atomic E-state index is -3.82. The first-order valence-electron chi connectivity index (χ1n) is 5.38. The maximum absolute atomic E-state index is 11.2. The van der Waals surface area contributed by atoms with E-state index < -0.39 is 10.0 Å². The van der Waals surface area contributed by atoms with Crippen molar-refractivity contribution in [2.75, 3.05) is 0 Å². The van der Waals surface area contributed by atoms with Gasteiger partial charge in [0.25, 0.3) is 10.0 Å². The molecule has 4 N–H and O–H groups in total. The van der Waals surface area contributed by atoms with Crippen LogP contribution in [0.1, 0.15) is 6.92 Å². The number of aromatic nitrogens is 2. The Kier molecular flexibility index (Phi) is 2.52. The molecule has 0 fully saturated rings. The fourth-order valence-electron chi connectivity index (χ4n) is 1.84. The Balaban J connectivity index is 2.06. The smallest absolute Gasteiger partial charge is 0.257 e. The fourth-order valence-corrected chi connectivity index (χ4v) is 2.29. The average Bonchev–Trinajstić information content (AvgIpc) is 2.94. The zero-order valence-electron chi connectivity index (χ0n) is 9.90. The SMILES string of the molecule is CC1=NC2NNC=C2C(n2ccc(S(N)(=O)=O)n2)=N1. The highest BCUT2D eigenvalue weighted by molar-refractivity contribution is 7.89. The van der Waals surface area contributed by atoms with E-state index in [0.29, 0.717) is 11.7 Å². The normalized spacial score (nSPS) is 22.2. The van der Waals surface area contributed by atoms with Crippen LogP contribution in [0.2, 0.25) is 0 Å². The van der Waals surface area contributed by atoms with Crippen molar-refractivity contribution < 1.29 is 8.42 Å². The number of nitrogens with two attached hydrogens (primary N) is 1. The lowest BCUT2D eigenvalue weighted by molar-refractivity contribution is 0.590. The first-order chi connectivity index (χ1) is 8.95. The summed E-state index contributed by atoms with van der Waals surface area (Å²) >= 11 is 0. The molecule has 2 aliphatic heterocycles. The van der Waals surface area contributed by atoms with Crippen LogP contribution in [-0.4, -0.2) is 36.0 Å². The van der Waals surface area contributed by atoms with Crippen molar-refractivity contribution >= 4 is 21.7 Å². The third-order valence-corrected chi connectivity index (χ3v) is 3.46. The van der Waals surface area contributed by atoms with Gasteiger partial charge in [0.15, 0.2) is 10.9 Å². The second kappa shape index (κ2) is 3.98. The van der Waals surface area contributed by atoms with Crippen molar-refractivity contribution in [1.29, 1.82) is 0 Å². The van der Waals surface area contributed by atoms with Crippen LogP contribution in [0, 0.1) is 0 Å². The number of hydrogen-bond acceptors (Lipinski definition) is 7. The first-order valence-corrected chi connectivity index (χ1v) is 6.93. The Morgan fingerprint density at radius 2 is 2.26 bits per heavy atom. The molecule has 100 valence electrons. The van der Waals surface area contributed by atoms with Crippen LogP contribution in [0.3, 0.4) is 0 Å². The molecule has 0 saturated carbocycles. The van der Waals surface area contributed by atoms with Crippen molar-refractivity contribution in [3.63, 3.8) is 0 Å². The molecule has 3 heterocycles. The van der Waals surface area contributed by atoms with Gasteiger partial charge in [-0.25, -0.2) is 33.6 Å². The molecule has 10 heteroatoms. The number of nitrogens with zero attached hydrogens (tertiary/aromatic N) is 4. The van der Waals surface area contributed by atoms with Crippen LogP contribution in [0.4, 0.5) is 0 Å². The van der Waals surface area contributed by atoms with Gasteiger partial charge >= 0.3 is 0 Å². The third-order valence-electron chi connectivity index (χ3n) is 2.66. The maximum Gasteiger partial charge on any atom is 0.257 e. The summed E-state index contributed by atoms with van der Waals surface area (Å²) in [6, 6.07) is 1.32. The van der Waals surface area contributed by atoms with Crippen LogP contribution in [-0.2, 0) is 10.0 Å². The zero-order chi connectivity index (χ0) is 13.6. The topological polar surface area (TPSA) is 127 Å². The number of amidine groups is 1. The van der Waals surface area contributed by atoms with E-state index >= 15 is 0 Å². The molecule has 1 atom stereocenters. The number of aliphatic imine (C=N–C) groups is 2. The molecule has 0 amide bonds. The summed E-state index contributed by atoms with van der Waals surface area (Å²) in [6.45, 7) is 1.75. The number of sulfonamides is 1. The summed E-state index contributed by atoms with van der Waals surface area (Å²) in [7, 11) is -3.82. The van der Waals surface area contributed by atoms with Gasteiger partial charge in [-0.05, 0) is 13.0 Å². The van der Waals surface area contributed by atoms with Crippen molar-refractivity contribution in [2.45, 2.75) is 18.1 Å². The molecule has 0 radical (unpaired) electrons. The van der Waals surface area contributed by atoms with E-state index in [2.05, 4.69) is 25.9 Å². The molecule has 0 aliphatic carbocycles. The molecule has 2 aliphatic rings. The van der Waals surface area contributed by atoms with E-state index in [1.54, 1.807) is 13.1 Å². The van der Waals surface area contributed by atoms with E-state index in [1.165, 1.54) is 16.9 Å². The van der Waals surface area contributed by atoms with Crippen LogP contribution < -0.4 is 16.0 Å². The lowest BCUT2D eigenvalue weighted by Crippen LogP contribution is -2.36. The van der Waals surface area contributed by atoms with Gasteiger partial charge in [-0.1, -0.05) is 0 Å². The van der Waals surface area contributed by atoms with Gasteiger partial charge < -0.3 is 5.43 Å². The van der Waals surface area contributed by atoms with Gasteiger partial charge in [-0.3, -0.25) is 0 Å².